The third-order valence-corrected chi connectivity index (χ3v) is 3.39. The van der Waals surface area contributed by atoms with E-state index in [2.05, 4.69) is 10.6 Å². The molecule has 0 saturated heterocycles. The molecule has 0 atom stereocenters. The minimum absolute atomic E-state index is 0.171. The smallest absolute Gasteiger partial charge is 0.271 e. The van der Waals surface area contributed by atoms with E-state index in [1.165, 1.54) is 30.5 Å². The molecule has 0 bridgehead atoms. The lowest BCUT2D eigenvalue weighted by atomic mass is 10.2. The first kappa shape index (κ1) is 17.8. The number of halogens is 1. The third kappa shape index (κ3) is 4.70. The van der Waals surface area contributed by atoms with Crippen molar-refractivity contribution in [2.45, 2.75) is 0 Å². The lowest BCUT2D eigenvalue weighted by Crippen LogP contribution is -2.14. The number of carbonyl (C=O) groups excluding carboxylic acids is 1. The van der Waals surface area contributed by atoms with Crippen LogP contribution in [0.1, 0.15) is 0 Å². The van der Waals surface area contributed by atoms with Crippen LogP contribution < -0.4 is 16.4 Å². The van der Waals surface area contributed by atoms with Crippen LogP contribution in [0.3, 0.4) is 0 Å². The highest BCUT2D eigenvalue weighted by molar-refractivity contribution is 6.33. The molecule has 0 aliphatic rings. The van der Waals surface area contributed by atoms with E-state index in [0.717, 1.165) is 0 Å². The molecule has 0 heterocycles. The summed E-state index contributed by atoms with van der Waals surface area (Å²) in [6.45, 7) is 0. The fourth-order valence-corrected chi connectivity index (χ4v) is 2.00. The number of hydrogen-bond donors (Lipinski definition) is 3. The minimum Gasteiger partial charge on any atom is -0.398 e. The van der Waals surface area contributed by atoms with E-state index in [-0.39, 0.29) is 16.9 Å². The second kappa shape index (κ2) is 7.81. The van der Waals surface area contributed by atoms with E-state index in [1.807, 2.05) is 0 Å². The molecule has 4 N–H and O–H groups in total. The van der Waals surface area contributed by atoms with Crippen LogP contribution >= 0.6 is 11.6 Å². The predicted molar refractivity (Wildman–Crippen MR) is 94.9 cm³/mol. The van der Waals surface area contributed by atoms with Crippen LogP contribution in [0, 0.1) is 21.4 Å². The first-order chi connectivity index (χ1) is 11.9. The largest absolute Gasteiger partial charge is 0.398 e. The molecule has 0 spiro atoms. The van der Waals surface area contributed by atoms with Crippen molar-refractivity contribution in [2.75, 3.05) is 16.4 Å². The van der Waals surface area contributed by atoms with E-state index in [1.54, 1.807) is 24.3 Å². The molecule has 0 aliphatic carbocycles. The van der Waals surface area contributed by atoms with Crippen molar-refractivity contribution in [2.24, 2.45) is 0 Å². The summed E-state index contributed by atoms with van der Waals surface area (Å²) in [7, 11) is 0. The Morgan fingerprint density at radius 2 is 2.04 bits per heavy atom. The highest BCUT2D eigenvalue weighted by Gasteiger charge is 2.12. The quantitative estimate of drug-likeness (QED) is 0.247. The zero-order chi connectivity index (χ0) is 18.4. The van der Waals surface area contributed by atoms with E-state index < -0.39 is 10.8 Å². The molecule has 0 unspecified atom stereocenters. The van der Waals surface area contributed by atoms with Gasteiger partial charge in [0.15, 0.2) is 0 Å². The monoisotopic (exact) mass is 357 g/mol. The Kier molecular flexibility index (Phi) is 5.55. The number of non-ortho nitro benzene ring substituents is 1. The number of nitro groups is 1. The average Bonchev–Trinajstić information content (AvgIpc) is 2.58. The van der Waals surface area contributed by atoms with Crippen molar-refractivity contribution >= 4 is 40.3 Å². The van der Waals surface area contributed by atoms with Gasteiger partial charge < -0.3 is 16.4 Å². The SMILES string of the molecule is N#C/C(=C/Nc1ccc(N)c(Cl)c1)C(=O)Nc1cccc([N+](=O)[O-])c1. The Hall–Kier alpha value is -3.57. The molecule has 2 aromatic rings. The fraction of sp³-hybridized carbons (Fsp3) is 0. The zero-order valence-corrected chi connectivity index (χ0v) is 13.4. The van der Waals surface area contributed by atoms with Crippen molar-refractivity contribution < 1.29 is 9.72 Å². The first-order valence-electron chi connectivity index (χ1n) is 6.88. The highest BCUT2D eigenvalue weighted by Crippen LogP contribution is 2.23. The topological polar surface area (TPSA) is 134 Å². The van der Waals surface area contributed by atoms with E-state index in [0.29, 0.717) is 16.4 Å². The Morgan fingerprint density at radius 3 is 2.68 bits per heavy atom. The molecule has 1 amide bonds. The van der Waals surface area contributed by atoms with Crippen molar-refractivity contribution in [1.29, 1.82) is 5.26 Å². The summed E-state index contributed by atoms with van der Waals surface area (Å²) in [5.41, 5.74) is 6.35. The molecule has 0 radical (unpaired) electrons. The van der Waals surface area contributed by atoms with Gasteiger partial charge in [-0.15, -0.1) is 0 Å². The fourth-order valence-electron chi connectivity index (χ4n) is 1.82. The molecule has 25 heavy (non-hydrogen) atoms. The van der Waals surface area contributed by atoms with Crippen LogP contribution in [0.4, 0.5) is 22.7 Å². The van der Waals surface area contributed by atoms with Gasteiger partial charge in [0, 0.05) is 29.7 Å². The lowest BCUT2D eigenvalue weighted by Gasteiger charge is -2.06. The number of rotatable bonds is 5. The summed E-state index contributed by atoms with van der Waals surface area (Å²) in [5.74, 6) is -0.711. The van der Waals surface area contributed by atoms with E-state index >= 15 is 0 Å². The molecular weight excluding hydrogens is 346 g/mol. The molecule has 2 rings (SSSR count). The molecule has 126 valence electrons. The molecule has 0 saturated carbocycles. The summed E-state index contributed by atoms with van der Waals surface area (Å²) < 4.78 is 0. The number of benzene rings is 2. The molecule has 2 aromatic carbocycles. The van der Waals surface area contributed by atoms with E-state index in [4.69, 9.17) is 22.6 Å². The number of nitrogens with two attached hydrogens (primary N) is 1. The number of carbonyl (C=O) groups is 1. The second-order valence-corrected chi connectivity index (χ2v) is 5.22. The summed E-state index contributed by atoms with van der Waals surface area (Å²) >= 11 is 5.89. The number of nitro benzene ring substituents is 1. The highest BCUT2D eigenvalue weighted by atomic mass is 35.5. The Bertz CT molecular complexity index is 905. The van der Waals surface area contributed by atoms with Gasteiger partial charge in [-0.05, 0) is 24.3 Å². The van der Waals surface area contributed by atoms with Gasteiger partial charge in [-0.25, -0.2) is 0 Å². The van der Waals surface area contributed by atoms with E-state index in [9.17, 15) is 14.9 Å². The lowest BCUT2D eigenvalue weighted by molar-refractivity contribution is -0.384. The van der Waals surface area contributed by atoms with Crippen molar-refractivity contribution in [1.82, 2.24) is 0 Å². The third-order valence-electron chi connectivity index (χ3n) is 3.06. The Labute approximate surface area is 147 Å². The van der Waals surface area contributed by atoms with Gasteiger partial charge in [-0.2, -0.15) is 5.26 Å². The molecule has 0 aliphatic heterocycles. The minimum atomic E-state index is -0.711. The predicted octanol–water partition coefficient (Wildman–Crippen LogP) is 3.29. The van der Waals surface area contributed by atoms with Gasteiger partial charge in [0.25, 0.3) is 11.6 Å². The number of anilines is 3. The maximum Gasteiger partial charge on any atom is 0.271 e. The van der Waals surface area contributed by atoms with Crippen LogP contribution in [0.2, 0.25) is 5.02 Å². The Balaban J connectivity index is 2.12. The number of nitrogens with zero attached hydrogens (tertiary/aromatic N) is 2. The van der Waals surface area contributed by atoms with Gasteiger partial charge >= 0.3 is 0 Å². The molecule has 9 heteroatoms. The van der Waals surface area contributed by atoms with Gasteiger partial charge in [-0.3, -0.25) is 14.9 Å². The van der Waals surface area contributed by atoms with Crippen molar-refractivity contribution in [3.8, 4) is 6.07 Å². The number of nitriles is 1. The van der Waals surface area contributed by atoms with Crippen LogP contribution in [-0.4, -0.2) is 10.8 Å². The summed E-state index contributed by atoms with van der Waals surface area (Å²) in [4.78, 5) is 22.3. The Morgan fingerprint density at radius 1 is 1.28 bits per heavy atom. The summed E-state index contributed by atoms with van der Waals surface area (Å²) in [6.07, 6.45) is 1.20. The van der Waals surface area contributed by atoms with Crippen LogP contribution in [0.25, 0.3) is 0 Å². The maximum absolute atomic E-state index is 12.1. The van der Waals surface area contributed by atoms with Gasteiger partial charge in [-0.1, -0.05) is 17.7 Å². The first-order valence-corrected chi connectivity index (χ1v) is 7.26. The number of hydrogen-bond acceptors (Lipinski definition) is 6. The molecule has 0 fully saturated rings. The normalized spacial score (nSPS) is 10.6. The van der Waals surface area contributed by atoms with Gasteiger partial charge in [0.2, 0.25) is 0 Å². The van der Waals surface area contributed by atoms with Crippen molar-refractivity contribution in [3.63, 3.8) is 0 Å². The summed E-state index contributed by atoms with van der Waals surface area (Å²) in [5, 5.41) is 25.4. The summed E-state index contributed by atoms with van der Waals surface area (Å²) in [6, 6.07) is 11.9. The molecule has 0 aromatic heterocycles. The number of amides is 1. The van der Waals surface area contributed by atoms with Crippen LogP contribution in [0.15, 0.2) is 54.2 Å². The maximum atomic E-state index is 12.1. The molecule has 8 nitrogen and oxygen atoms in total. The second-order valence-electron chi connectivity index (χ2n) is 4.81. The standard InChI is InChI=1S/C16H12ClN5O3/c17-14-7-11(4-5-15(14)19)20-9-10(8-18)16(23)21-12-2-1-3-13(6-12)22(24)25/h1-7,9,20H,19H2,(H,21,23)/b10-9-. The zero-order valence-electron chi connectivity index (χ0n) is 12.7. The van der Waals surface area contributed by atoms with Crippen LogP contribution in [0.5, 0.6) is 0 Å². The van der Waals surface area contributed by atoms with Gasteiger partial charge in [0.05, 0.1) is 15.6 Å². The van der Waals surface area contributed by atoms with Crippen LogP contribution in [-0.2, 0) is 4.79 Å². The number of nitrogen functional groups attached to an aromatic ring is 1. The average molecular weight is 358 g/mol. The van der Waals surface area contributed by atoms with Crippen molar-refractivity contribution in [3.05, 3.63) is 69.4 Å². The van der Waals surface area contributed by atoms with Gasteiger partial charge in [0.1, 0.15) is 11.6 Å². The number of nitrogens with one attached hydrogen (secondary N) is 2. The molecular formula is C16H12ClN5O3.